The normalized spacial score (nSPS) is 18.2. The Morgan fingerprint density at radius 2 is 1.78 bits per heavy atom. The van der Waals surface area contributed by atoms with Crippen LogP contribution in [0.1, 0.15) is 55.0 Å². The van der Waals surface area contributed by atoms with E-state index in [2.05, 4.69) is 5.32 Å². The van der Waals surface area contributed by atoms with E-state index >= 15 is 0 Å². The minimum atomic E-state index is -0.535. The van der Waals surface area contributed by atoms with Gasteiger partial charge in [-0.1, -0.05) is 49.2 Å². The largest absolute Gasteiger partial charge is 0.351 e. The summed E-state index contributed by atoms with van der Waals surface area (Å²) in [6.07, 6.45) is 6.76. The highest BCUT2D eigenvalue weighted by molar-refractivity contribution is 7.10. The molecule has 1 heterocycles. The Labute approximate surface area is 164 Å². The number of nitrogens with zero attached hydrogens (tertiary/aromatic N) is 1. The van der Waals surface area contributed by atoms with Gasteiger partial charge >= 0.3 is 0 Å². The molecule has 1 atom stereocenters. The van der Waals surface area contributed by atoms with E-state index in [0.29, 0.717) is 6.42 Å². The maximum absolute atomic E-state index is 13.3. The fourth-order valence-corrected chi connectivity index (χ4v) is 4.68. The first kappa shape index (κ1) is 18.2. The van der Waals surface area contributed by atoms with Crippen molar-refractivity contribution in [3.8, 4) is 0 Å². The van der Waals surface area contributed by atoms with Crippen LogP contribution >= 0.6 is 11.3 Å². The molecule has 0 bridgehead atoms. The fourth-order valence-electron chi connectivity index (χ4n) is 3.99. The highest BCUT2D eigenvalue weighted by atomic mass is 32.1. The van der Waals surface area contributed by atoms with Gasteiger partial charge in [0.25, 0.3) is 0 Å². The van der Waals surface area contributed by atoms with Crippen molar-refractivity contribution in [2.75, 3.05) is 0 Å². The van der Waals surface area contributed by atoms with Crippen molar-refractivity contribution in [3.05, 3.63) is 58.3 Å². The Morgan fingerprint density at radius 1 is 1.04 bits per heavy atom. The van der Waals surface area contributed by atoms with Crippen molar-refractivity contribution < 1.29 is 9.59 Å². The topological polar surface area (TPSA) is 49.4 Å². The molecule has 5 heteroatoms. The van der Waals surface area contributed by atoms with E-state index in [1.165, 1.54) is 12.8 Å². The highest BCUT2D eigenvalue weighted by Gasteiger charge is 2.41. The summed E-state index contributed by atoms with van der Waals surface area (Å²) in [6, 6.07) is 13.6. The van der Waals surface area contributed by atoms with Crippen LogP contribution in [0.2, 0.25) is 0 Å². The zero-order valence-electron chi connectivity index (χ0n) is 15.5. The summed E-state index contributed by atoms with van der Waals surface area (Å²) in [5.74, 6) is 0.0231. The average molecular weight is 383 g/mol. The van der Waals surface area contributed by atoms with Crippen molar-refractivity contribution in [1.29, 1.82) is 0 Å². The molecule has 4 rings (SSSR count). The van der Waals surface area contributed by atoms with Crippen molar-refractivity contribution >= 4 is 23.2 Å². The number of hydrogen-bond donors (Lipinski definition) is 1. The molecule has 2 amide bonds. The molecular weight excluding hydrogens is 356 g/mol. The van der Waals surface area contributed by atoms with Crippen molar-refractivity contribution in [2.24, 2.45) is 0 Å². The number of hydrogen-bond acceptors (Lipinski definition) is 3. The molecule has 1 aromatic carbocycles. The number of carbonyl (C=O) groups excluding carboxylic acids is 2. The molecule has 1 aromatic heterocycles. The van der Waals surface area contributed by atoms with Gasteiger partial charge in [0, 0.05) is 17.0 Å². The van der Waals surface area contributed by atoms with Gasteiger partial charge in [-0.3, -0.25) is 9.59 Å². The first-order valence-electron chi connectivity index (χ1n) is 9.91. The Morgan fingerprint density at radius 3 is 2.41 bits per heavy atom. The van der Waals surface area contributed by atoms with Gasteiger partial charge < -0.3 is 10.2 Å². The molecular formula is C22H26N2O2S. The number of amides is 2. The quantitative estimate of drug-likeness (QED) is 0.784. The maximum atomic E-state index is 13.3. The molecule has 2 aromatic rings. The molecule has 0 saturated heterocycles. The lowest BCUT2D eigenvalue weighted by Crippen LogP contribution is -2.47. The molecule has 4 nitrogen and oxygen atoms in total. The van der Waals surface area contributed by atoms with Gasteiger partial charge in [-0.2, -0.15) is 0 Å². The zero-order valence-corrected chi connectivity index (χ0v) is 16.3. The van der Waals surface area contributed by atoms with Crippen LogP contribution in [-0.4, -0.2) is 28.8 Å². The molecule has 2 aliphatic carbocycles. The summed E-state index contributed by atoms with van der Waals surface area (Å²) in [7, 11) is 0. The van der Waals surface area contributed by atoms with Crippen LogP contribution in [0.5, 0.6) is 0 Å². The van der Waals surface area contributed by atoms with Gasteiger partial charge in [-0.25, -0.2) is 0 Å². The van der Waals surface area contributed by atoms with Gasteiger partial charge in [0.2, 0.25) is 11.8 Å². The van der Waals surface area contributed by atoms with Crippen molar-refractivity contribution in [1.82, 2.24) is 10.2 Å². The number of benzene rings is 1. The van der Waals surface area contributed by atoms with Gasteiger partial charge in [0.15, 0.2) is 0 Å². The molecule has 0 spiro atoms. The van der Waals surface area contributed by atoms with Crippen LogP contribution in [0, 0.1) is 0 Å². The molecule has 0 unspecified atom stereocenters. The van der Waals surface area contributed by atoms with Gasteiger partial charge in [0.1, 0.15) is 6.04 Å². The lowest BCUT2D eigenvalue weighted by molar-refractivity contribution is -0.141. The Balaban J connectivity index is 1.60. The highest BCUT2D eigenvalue weighted by Crippen LogP contribution is 2.36. The molecule has 27 heavy (non-hydrogen) atoms. The van der Waals surface area contributed by atoms with E-state index in [-0.39, 0.29) is 23.9 Å². The third-order valence-corrected chi connectivity index (χ3v) is 6.35. The maximum Gasteiger partial charge on any atom is 0.247 e. The molecule has 0 aliphatic heterocycles. The second-order valence-electron chi connectivity index (χ2n) is 7.59. The van der Waals surface area contributed by atoms with Crippen LogP contribution in [0.3, 0.4) is 0 Å². The fraction of sp³-hybridized carbons (Fsp3) is 0.455. The van der Waals surface area contributed by atoms with Crippen molar-refractivity contribution in [2.45, 2.75) is 63.1 Å². The predicted molar refractivity (Wildman–Crippen MR) is 107 cm³/mol. The second-order valence-corrected chi connectivity index (χ2v) is 8.62. The Hall–Kier alpha value is -2.14. The van der Waals surface area contributed by atoms with Gasteiger partial charge in [-0.15, -0.1) is 11.3 Å². The minimum Gasteiger partial charge on any atom is -0.351 e. The summed E-state index contributed by atoms with van der Waals surface area (Å²) < 4.78 is 0. The molecule has 2 fully saturated rings. The van der Waals surface area contributed by atoms with Crippen LogP contribution < -0.4 is 5.32 Å². The summed E-state index contributed by atoms with van der Waals surface area (Å²) >= 11 is 1.59. The lowest BCUT2D eigenvalue weighted by Gasteiger charge is -2.32. The summed E-state index contributed by atoms with van der Waals surface area (Å²) in [4.78, 5) is 29.4. The molecule has 142 valence electrons. The predicted octanol–water partition coefficient (Wildman–Crippen LogP) is 4.08. The van der Waals surface area contributed by atoms with Crippen LogP contribution in [0.25, 0.3) is 0 Å². The van der Waals surface area contributed by atoms with E-state index in [1.807, 2.05) is 52.7 Å². The summed E-state index contributed by atoms with van der Waals surface area (Å²) in [6.45, 7) is 0. The summed E-state index contributed by atoms with van der Waals surface area (Å²) in [5.41, 5.74) is 0.902. The molecule has 2 saturated carbocycles. The number of carbonyl (C=O) groups is 2. The van der Waals surface area contributed by atoms with E-state index in [9.17, 15) is 9.59 Å². The minimum absolute atomic E-state index is 0.0282. The zero-order chi connectivity index (χ0) is 18.6. The SMILES string of the molecule is O=C(NC1CCCC1)[C@H](c1ccccc1)N(C(=O)Cc1cccs1)C1CC1. The second kappa shape index (κ2) is 8.26. The lowest BCUT2D eigenvalue weighted by atomic mass is 10.0. The summed E-state index contributed by atoms with van der Waals surface area (Å²) in [5, 5.41) is 5.22. The first-order valence-corrected chi connectivity index (χ1v) is 10.8. The van der Waals surface area contributed by atoms with E-state index < -0.39 is 6.04 Å². The van der Waals surface area contributed by atoms with Gasteiger partial charge in [-0.05, 0) is 42.7 Å². The Kier molecular flexibility index (Phi) is 5.58. The van der Waals surface area contributed by atoms with Crippen molar-refractivity contribution in [3.63, 3.8) is 0 Å². The Bertz CT molecular complexity index is 765. The smallest absolute Gasteiger partial charge is 0.247 e. The number of rotatable bonds is 7. The molecule has 2 aliphatic rings. The van der Waals surface area contributed by atoms with Crippen LogP contribution in [0.4, 0.5) is 0 Å². The van der Waals surface area contributed by atoms with E-state index in [1.54, 1.807) is 11.3 Å². The molecule has 1 N–H and O–H groups in total. The number of nitrogens with one attached hydrogen (secondary N) is 1. The third-order valence-electron chi connectivity index (χ3n) is 5.48. The van der Waals surface area contributed by atoms with Gasteiger partial charge in [0.05, 0.1) is 6.42 Å². The van der Waals surface area contributed by atoms with E-state index in [4.69, 9.17) is 0 Å². The van der Waals surface area contributed by atoms with Crippen LogP contribution in [0.15, 0.2) is 47.8 Å². The monoisotopic (exact) mass is 382 g/mol. The van der Waals surface area contributed by atoms with E-state index in [0.717, 1.165) is 36.1 Å². The average Bonchev–Trinajstić information content (AvgIpc) is 3.13. The molecule has 0 radical (unpaired) electrons. The number of thiophene rings is 1. The standard InChI is InChI=1S/C22H26N2O2S/c25-20(15-19-11-6-14-27-19)24(18-12-13-18)21(16-7-2-1-3-8-16)22(26)23-17-9-4-5-10-17/h1-3,6-8,11,14,17-18,21H,4-5,9-10,12-13,15H2,(H,23,26)/t21-/m0/s1. The first-order chi connectivity index (χ1) is 13.2. The third kappa shape index (κ3) is 4.41. The van der Waals surface area contributed by atoms with Crippen LogP contribution in [-0.2, 0) is 16.0 Å².